The molecular formula is C23H25ClN2O2. The number of amides is 2. The fraction of sp³-hybridized carbons (Fsp3) is 0.391. The molecule has 5 heteroatoms. The van der Waals surface area contributed by atoms with Gasteiger partial charge < -0.3 is 10.2 Å². The molecule has 0 saturated heterocycles. The smallest absolute Gasteiger partial charge is 0.258 e. The minimum Gasteiger partial charge on any atom is -0.352 e. The predicted molar refractivity (Wildman–Crippen MR) is 112 cm³/mol. The maximum atomic E-state index is 12.9. The van der Waals surface area contributed by atoms with Crippen molar-refractivity contribution in [3.8, 4) is 0 Å². The van der Waals surface area contributed by atoms with Gasteiger partial charge in [0.05, 0.1) is 0 Å². The zero-order valence-corrected chi connectivity index (χ0v) is 16.7. The van der Waals surface area contributed by atoms with E-state index in [9.17, 15) is 9.59 Å². The number of benzene rings is 2. The van der Waals surface area contributed by atoms with Crippen molar-refractivity contribution in [3.63, 3.8) is 0 Å². The highest BCUT2D eigenvalue weighted by atomic mass is 35.5. The minimum atomic E-state index is -0.0159. The maximum absolute atomic E-state index is 12.9. The quantitative estimate of drug-likeness (QED) is 0.793. The van der Waals surface area contributed by atoms with E-state index in [1.807, 2.05) is 17.0 Å². The van der Waals surface area contributed by atoms with Crippen molar-refractivity contribution in [3.05, 3.63) is 64.2 Å². The molecule has 0 aromatic heterocycles. The number of hydrogen-bond donors (Lipinski definition) is 1. The number of carbonyl (C=O) groups excluding carboxylic acids is 2. The number of anilines is 1. The minimum absolute atomic E-state index is 0.0159. The average Bonchev–Trinajstić information content (AvgIpc) is 3.35. The molecule has 4 rings (SSSR count). The normalized spacial score (nSPS) is 16.2. The van der Waals surface area contributed by atoms with Gasteiger partial charge in [-0.15, -0.1) is 0 Å². The van der Waals surface area contributed by atoms with E-state index in [0.717, 1.165) is 17.7 Å². The molecule has 2 aliphatic rings. The van der Waals surface area contributed by atoms with Crippen LogP contribution in [0.15, 0.2) is 42.5 Å². The Hall–Kier alpha value is -2.33. The van der Waals surface area contributed by atoms with Gasteiger partial charge in [-0.1, -0.05) is 36.6 Å². The number of rotatable bonds is 5. The molecule has 1 N–H and O–H groups in total. The van der Waals surface area contributed by atoms with Crippen LogP contribution in [-0.4, -0.2) is 18.4 Å². The Morgan fingerprint density at radius 2 is 1.82 bits per heavy atom. The number of fused-ring (bicyclic) bond motifs is 1. The number of nitrogens with one attached hydrogen (secondary N) is 1. The van der Waals surface area contributed by atoms with Gasteiger partial charge in [0.2, 0.25) is 5.91 Å². The van der Waals surface area contributed by atoms with Crippen molar-refractivity contribution in [1.82, 2.24) is 5.32 Å². The first-order chi connectivity index (χ1) is 13.6. The fourth-order valence-corrected chi connectivity index (χ4v) is 4.37. The third kappa shape index (κ3) is 4.22. The average molecular weight is 397 g/mol. The van der Waals surface area contributed by atoms with Crippen molar-refractivity contribution >= 4 is 29.1 Å². The molecule has 2 aromatic rings. The highest BCUT2D eigenvalue weighted by Gasteiger charge is 2.26. The summed E-state index contributed by atoms with van der Waals surface area (Å²) in [6, 6.07) is 13.1. The second kappa shape index (κ2) is 8.36. The molecular weight excluding hydrogens is 372 g/mol. The van der Waals surface area contributed by atoms with Crippen LogP contribution in [0.4, 0.5) is 5.69 Å². The summed E-state index contributed by atoms with van der Waals surface area (Å²) in [4.78, 5) is 26.9. The molecule has 1 aliphatic heterocycles. The van der Waals surface area contributed by atoms with Crippen LogP contribution < -0.4 is 10.2 Å². The highest BCUT2D eigenvalue weighted by molar-refractivity contribution is 6.30. The zero-order valence-electron chi connectivity index (χ0n) is 15.9. The molecule has 1 saturated carbocycles. The van der Waals surface area contributed by atoms with E-state index in [-0.39, 0.29) is 11.8 Å². The van der Waals surface area contributed by atoms with Crippen molar-refractivity contribution in [2.24, 2.45) is 5.92 Å². The summed E-state index contributed by atoms with van der Waals surface area (Å²) >= 11 is 5.93. The Morgan fingerprint density at radius 3 is 2.57 bits per heavy atom. The lowest BCUT2D eigenvalue weighted by molar-refractivity contribution is -0.122. The molecule has 0 spiro atoms. The Balaban J connectivity index is 1.42. The van der Waals surface area contributed by atoms with Crippen LogP contribution in [0.5, 0.6) is 0 Å². The summed E-state index contributed by atoms with van der Waals surface area (Å²) in [5, 5.41) is 3.66. The Labute approximate surface area is 170 Å². The predicted octanol–water partition coefficient (Wildman–Crippen LogP) is 4.74. The molecule has 0 bridgehead atoms. The SMILES string of the molecule is O=C(CC1CCCC1)NCc1ccc2c(c1)N(C(=O)c1ccc(Cl)cc1)CC2. The van der Waals surface area contributed by atoms with Crippen molar-refractivity contribution in [2.45, 2.75) is 45.1 Å². The van der Waals surface area contributed by atoms with Gasteiger partial charge in [0.15, 0.2) is 0 Å². The Kier molecular flexibility index (Phi) is 5.67. The van der Waals surface area contributed by atoms with Crippen LogP contribution in [0.3, 0.4) is 0 Å². The first kappa shape index (κ1) is 19.0. The van der Waals surface area contributed by atoms with E-state index in [2.05, 4.69) is 11.4 Å². The van der Waals surface area contributed by atoms with Gasteiger partial charge in [0.25, 0.3) is 5.91 Å². The largest absolute Gasteiger partial charge is 0.352 e. The summed E-state index contributed by atoms with van der Waals surface area (Å²) in [7, 11) is 0. The highest BCUT2D eigenvalue weighted by Crippen LogP contribution is 2.31. The van der Waals surface area contributed by atoms with E-state index >= 15 is 0 Å². The maximum Gasteiger partial charge on any atom is 0.258 e. The molecule has 2 aromatic carbocycles. The van der Waals surface area contributed by atoms with Crippen LogP contribution in [0.1, 0.15) is 53.6 Å². The molecule has 1 aliphatic carbocycles. The Morgan fingerprint density at radius 1 is 1.07 bits per heavy atom. The van der Waals surface area contributed by atoms with Crippen LogP contribution >= 0.6 is 11.6 Å². The van der Waals surface area contributed by atoms with Gasteiger partial charge in [0, 0.05) is 35.8 Å². The lowest BCUT2D eigenvalue weighted by Gasteiger charge is -2.18. The van der Waals surface area contributed by atoms with E-state index in [1.54, 1.807) is 24.3 Å². The third-order valence-corrected chi connectivity index (χ3v) is 6.07. The van der Waals surface area contributed by atoms with E-state index < -0.39 is 0 Å². The van der Waals surface area contributed by atoms with Gasteiger partial charge in [-0.2, -0.15) is 0 Å². The number of nitrogens with zero attached hydrogens (tertiary/aromatic N) is 1. The van der Waals surface area contributed by atoms with Crippen molar-refractivity contribution < 1.29 is 9.59 Å². The van der Waals surface area contributed by atoms with Gasteiger partial charge >= 0.3 is 0 Å². The molecule has 0 radical (unpaired) electrons. The van der Waals surface area contributed by atoms with Gasteiger partial charge in [0.1, 0.15) is 0 Å². The Bertz CT molecular complexity index is 873. The summed E-state index contributed by atoms with van der Waals surface area (Å²) in [6.45, 7) is 1.18. The third-order valence-electron chi connectivity index (χ3n) is 5.82. The lowest BCUT2D eigenvalue weighted by atomic mass is 10.0. The molecule has 0 unspecified atom stereocenters. The molecule has 4 nitrogen and oxygen atoms in total. The first-order valence-corrected chi connectivity index (χ1v) is 10.4. The van der Waals surface area contributed by atoms with Crippen LogP contribution in [0.25, 0.3) is 0 Å². The number of halogens is 1. The fourth-order valence-electron chi connectivity index (χ4n) is 4.24. The number of hydrogen-bond acceptors (Lipinski definition) is 2. The van der Waals surface area contributed by atoms with Crippen molar-refractivity contribution in [2.75, 3.05) is 11.4 Å². The molecule has 2 amide bonds. The summed E-state index contributed by atoms with van der Waals surface area (Å²) < 4.78 is 0. The molecule has 1 heterocycles. The van der Waals surface area contributed by atoms with Crippen molar-refractivity contribution in [1.29, 1.82) is 0 Å². The molecule has 0 atom stereocenters. The monoisotopic (exact) mass is 396 g/mol. The zero-order chi connectivity index (χ0) is 19.5. The second-order valence-corrected chi connectivity index (χ2v) is 8.24. The molecule has 28 heavy (non-hydrogen) atoms. The lowest BCUT2D eigenvalue weighted by Crippen LogP contribution is -2.29. The number of carbonyl (C=O) groups is 2. The van der Waals surface area contributed by atoms with Crippen LogP contribution in [-0.2, 0) is 17.8 Å². The van der Waals surface area contributed by atoms with Crippen LogP contribution in [0, 0.1) is 5.92 Å². The first-order valence-electron chi connectivity index (χ1n) is 10.1. The summed E-state index contributed by atoms with van der Waals surface area (Å²) in [5.74, 6) is 0.659. The topological polar surface area (TPSA) is 49.4 Å². The van der Waals surface area contributed by atoms with E-state index in [4.69, 9.17) is 11.6 Å². The standard InChI is InChI=1S/C23H25ClN2O2/c24-20-9-7-19(8-10-20)23(28)26-12-11-18-6-5-17(13-21(18)26)15-25-22(27)14-16-3-1-2-4-16/h5-10,13,16H,1-4,11-12,14-15H2,(H,25,27). The van der Waals surface area contributed by atoms with E-state index in [1.165, 1.54) is 31.2 Å². The van der Waals surface area contributed by atoms with Gasteiger partial charge in [-0.25, -0.2) is 0 Å². The second-order valence-electron chi connectivity index (χ2n) is 7.81. The molecule has 1 fully saturated rings. The van der Waals surface area contributed by atoms with Crippen LogP contribution in [0.2, 0.25) is 5.02 Å². The van der Waals surface area contributed by atoms with E-state index in [0.29, 0.717) is 36.0 Å². The summed E-state index contributed by atoms with van der Waals surface area (Å²) in [5.41, 5.74) is 3.77. The van der Waals surface area contributed by atoms with Gasteiger partial charge in [-0.05, 0) is 66.6 Å². The van der Waals surface area contributed by atoms with Gasteiger partial charge in [-0.3, -0.25) is 9.59 Å². The summed E-state index contributed by atoms with van der Waals surface area (Å²) in [6.07, 6.45) is 6.33. The molecule has 146 valence electrons.